The van der Waals surface area contributed by atoms with Gasteiger partial charge in [-0.25, -0.2) is 19.3 Å². The normalized spacial score (nSPS) is 23.3. The molecule has 0 radical (unpaired) electrons. The minimum Gasteiger partial charge on any atom is -0.393 e. The van der Waals surface area contributed by atoms with E-state index in [4.69, 9.17) is 11.6 Å². The van der Waals surface area contributed by atoms with Crippen LogP contribution in [-0.4, -0.2) is 37.2 Å². The standard InChI is InChI=1S/C18H19ClFN5O/c1-9-14(3-2-4-15(9)26)24-18-13(20)8-23-17(25-18)12-7-22-16-11(12)5-10(19)6-21-16/h5-9,14-15,26H,2-4H2,1H3,(H,21,22)(H,23,24,25)/t9-,14+,15-/m0/s1. The van der Waals surface area contributed by atoms with E-state index in [1.165, 1.54) is 0 Å². The van der Waals surface area contributed by atoms with Gasteiger partial charge in [0.05, 0.1) is 17.3 Å². The van der Waals surface area contributed by atoms with Crippen molar-refractivity contribution in [1.82, 2.24) is 19.9 Å². The molecule has 0 unspecified atom stereocenters. The number of pyridine rings is 1. The fourth-order valence-electron chi connectivity index (χ4n) is 3.48. The molecule has 8 heteroatoms. The summed E-state index contributed by atoms with van der Waals surface area (Å²) < 4.78 is 14.3. The largest absolute Gasteiger partial charge is 0.393 e. The number of nitrogens with zero attached hydrogens (tertiary/aromatic N) is 3. The number of aliphatic hydroxyl groups is 1. The second-order valence-corrected chi connectivity index (χ2v) is 7.19. The lowest BCUT2D eigenvalue weighted by atomic mass is 9.83. The minimum absolute atomic E-state index is 0.0256. The van der Waals surface area contributed by atoms with Crippen LogP contribution in [0.25, 0.3) is 22.4 Å². The van der Waals surface area contributed by atoms with E-state index >= 15 is 0 Å². The molecule has 0 aliphatic heterocycles. The van der Waals surface area contributed by atoms with Crippen molar-refractivity contribution in [3.63, 3.8) is 0 Å². The van der Waals surface area contributed by atoms with Gasteiger partial charge in [0.25, 0.3) is 0 Å². The number of nitrogens with one attached hydrogen (secondary N) is 2. The molecule has 136 valence electrons. The van der Waals surface area contributed by atoms with Gasteiger partial charge in [-0.1, -0.05) is 18.5 Å². The molecule has 1 saturated carbocycles. The third kappa shape index (κ3) is 3.12. The molecule has 3 heterocycles. The number of anilines is 1. The van der Waals surface area contributed by atoms with Gasteiger partial charge in [-0.2, -0.15) is 0 Å². The Bertz CT molecular complexity index is 946. The Hall–Kier alpha value is -2.25. The lowest BCUT2D eigenvalue weighted by Crippen LogP contribution is -2.39. The number of aliphatic hydroxyl groups excluding tert-OH is 1. The maximum atomic E-state index is 14.3. The molecule has 1 aliphatic rings. The number of H-pyrrole nitrogens is 1. The third-order valence-electron chi connectivity index (χ3n) is 5.06. The first kappa shape index (κ1) is 17.2. The van der Waals surface area contributed by atoms with Crippen LogP contribution in [0.1, 0.15) is 26.2 Å². The smallest absolute Gasteiger partial charge is 0.183 e. The third-order valence-corrected chi connectivity index (χ3v) is 5.27. The van der Waals surface area contributed by atoms with Crippen molar-refractivity contribution in [2.24, 2.45) is 5.92 Å². The summed E-state index contributed by atoms with van der Waals surface area (Å²) in [6.07, 6.45) is 6.60. The average Bonchev–Trinajstić information content (AvgIpc) is 3.04. The van der Waals surface area contributed by atoms with Gasteiger partial charge in [0.15, 0.2) is 17.5 Å². The Balaban J connectivity index is 1.68. The lowest BCUT2D eigenvalue weighted by molar-refractivity contribution is 0.0715. The molecule has 3 N–H and O–H groups in total. The average molecular weight is 376 g/mol. The van der Waals surface area contributed by atoms with Crippen LogP contribution in [0.2, 0.25) is 5.02 Å². The SMILES string of the molecule is C[C@@H]1[C@@H](O)CCC[C@H]1Nc1nc(-c2c[nH]c3ncc(Cl)cc23)ncc1F. The molecular formula is C18H19ClFN5O. The Kier molecular flexibility index (Phi) is 4.50. The van der Waals surface area contributed by atoms with E-state index in [1.54, 1.807) is 18.5 Å². The zero-order valence-corrected chi connectivity index (χ0v) is 15.0. The Morgan fingerprint density at radius 3 is 3.00 bits per heavy atom. The summed E-state index contributed by atoms with van der Waals surface area (Å²) in [5, 5.41) is 14.5. The van der Waals surface area contributed by atoms with Gasteiger partial charge in [-0.15, -0.1) is 0 Å². The number of aromatic amines is 1. The number of hydrogen-bond donors (Lipinski definition) is 3. The van der Waals surface area contributed by atoms with Crippen LogP contribution < -0.4 is 5.32 Å². The van der Waals surface area contributed by atoms with Crippen molar-refractivity contribution in [3.8, 4) is 11.4 Å². The summed E-state index contributed by atoms with van der Waals surface area (Å²) in [4.78, 5) is 15.8. The van der Waals surface area contributed by atoms with Gasteiger partial charge in [-0.05, 0) is 25.3 Å². The lowest BCUT2D eigenvalue weighted by Gasteiger charge is -2.33. The molecule has 3 aromatic heterocycles. The zero-order chi connectivity index (χ0) is 18.3. The fraction of sp³-hybridized carbons (Fsp3) is 0.389. The number of rotatable bonds is 3. The zero-order valence-electron chi connectivity index (χ0n) is 14.2. The van der Waals surface area contributed by atoms with Crippen LogP contribution in [0.3, 0.4) is 0 Å². The van der Waals surface area contributed by atoms with Crippen molar-refractivity contribution in [2.75, 3.05) is 5.32 Å². The second kappa shape index (κ2) is 6.81. The summed E-state index contributed by atoms with van der Waals surface area (Å²) in [7, 11) is 0. The van der Waals surface area contributed by atoms with Gasteiger partial charge in [-0.3, -0.25) is 0 Å². The maximum Gasteiger partial charge on any atom is 0.183 e. The molecule has 0 spiro atoms. The molecule has 1 aliphatic carbocycles. The van der Waals surface area contributed by atoms with Gasteiger partial charge in [0, 0.05) is 35.3 Å². The number of halogens is 2. The fourth-order valence-corrected chi connectivity index (χ4v) is 3.64. The van der Waals surface area contributed by atoms with E-state index in [9.17, 15) is 9.50 Å². The van der Waals surface area contributed by atoms with Crippen LogP contribution >= 0.6 is 11.6 Å². The molecule has 3 atom stereocenters. The minimum atomic E-state index is -0.517. The number of hydrogen-bond acceptors (Lipinski definition) is 5. The molecule has 0 aromatic carbocycles. The van der Waals surface area contributed by atoms with E-state index < -0.39 is 5.82 Å². The van der Waals surface area contributed by atoms with Crippen LogP contribution in [0.15, 0.2) is 24.7 Å². The molecule has 1 fully saturated rings. The highest BCUT2D eigenvalue weighted by molar-refractivity contribution is 6.31. The van der Waals surface area contributed by atoms with E-state index in [2.05, 4.69) is 25.3 Å². The molecule has 0 saturated heterocycles. The first-order valence-electron chi connectivity index (χ1n) is 8.63. The molecule has 4 rings (SSSR count). The van der Waals surface area contributed by atoms with Crippen molar-refractivity contribution in [3.05, 3.63) is 35.5 Å². The van der Waals surface area contributed by atoms with Gasteiger partial charge in [0.1, 0.15) is 5.65 Å². The van der Waals surface area contributed by atoms with Crippen molar-refractivity contribution < 1.29 is 9.50 Å². The van der Waals surface area contributed by atoms with Crippen LogP contribution in [0.5, 0.6) is 0 Å². The molecule has 3 aromatic rings. The van der Waals surface area contributed by atoms with Crippen molar-refractivity contribution >= 4 is 28.5 Å². The maximum absolute atomic E-state index is 14.3. The van der Waals surface area contributed by atoms with Crippen molar-refractivity contribution in [2.45, 2.75) is 38.3 Å². The predicted octanol–water partition coefficient (Wildman–Crippen LogP) is 3.77. The summed E-state index contributed by atoms with van der Waals surface area (Å²) >= 11 is 6.04. The van der Waals surface area contributed by atoms with E-state index in [0.29, 0.717) is 22.1 Å². The van der Waals surface area contributed by atoms with Gasteiger partial charge in [0.2, 0.25) is 0 Å². The Morgan fingerprint density at radius 1 is 1.31 bits per heavy atom. The molecule has 6 nitrogen and oxygen atoms in total. The molecular weight excluding hydrogens is 357 g/mol. The number of aromatic nitrogens is 4. The second-order valence-electron chi connectivity index (χ2n) is 6.75. The molecule has 0 amide bonds. The highest BCUT2D eigenvalue weighted by atomic mass is 35.5. The monoisotopic (exact) mass is 375 g/mol. The first-order chi connectivity index (χ1) is 12.5. The summed E-state index contributed by atoms with van der Waals surface area (Å²) in [5.41, 5.74) is 1.37. The highest BCUT2D eigenvalue weighted by Crippen LogP contribution is 2.30. The van der Waals surface area contributed by atoms with E-state index in [-0.39, 0.29) is 23.9 Å². The van der Waals surface area contributed by atoms with Gasteiger partial charge >= 0.3 is 0 Å². The predicted molar refractivity (Wildman–Crippen MR) is 98.5 cm³/mol. The van der Waals surface area contributed by atoms with Crippen LogP contribution in [0, 0.1) is 11.7 Å². The Labute approximate surface area is 154 Å². The van der Waals surface area contributed by atoms with Crippen LogP contribution in [0.4, 0.5) is 10.2 Å². The highest BCUT2D eigenvalue weighted by Gasteiger charge is 2.29. The summed E-state index contributed by atoms with van der Waals surface area (Å²) in [6, 6.07) is 1.74. The molecule has 0 bridgehead atoms. The first-order valence-corrected chi connectivity index (χ1v) is 9.01. The van der Waals surface area contributed by atoms with E-state index in [0.717, 1.165) is 30.8 Å². The van der Waals surface area contributed by atoms with E-state index in [1.807, 2.05) is 6.92 Å². The van der Waals surface area contributed by atoms with Crippen LogP contribution in [-0.2, 0) is 0 Å². The quantitative estimate of drug-likeness (QED) is 0.648. The van der Waals surface area contributed by atoms with Gasteiger partial charge < -0.3 is 15.4 Å². The Morgan fingerprint density at radius 2 is 2.15 bits per heavy atom. The number of fused-ring (bicyclic) bond motifs is 1. The summed E-state index contributed by atoms with van der Waals surface area (Å²) in [5.74, 6) is 0.0354. The molecule has 26 heavy (non-hydrogen) atoms. The summed E-state index contributed by atoms with van der Waals surface area (Å²) in [6.45, 7) is 1.97. The van der Waals surface area contributed by atoms with Crippen molar-refractivity contribution in [1.29, 1.82) is 0 Å². The topological polar surface area (TPSA) is 86.7 Å².